The zero-order chi connectivity index (χ0) is 20.4. The molecule has 2 aliphatic heterocycles. The first-order valence-corrected chi connectivity index (χ1v) is 11.6. The molecular formula is C26H20N4S. The zero-order valence-corrected chi connectivity index (χ0v) is 17.7. The van der Waals surface area contributed by atoms with Crippen LogP contribution in [0.25, 0.3) is 32.4 Å². The van der Waals surface area contributed by atoms with Gasteiger partial charge in [0.1, 0.15) is 10.3 Å². The van der Waals surface area contributed by atoms with Gasteiger partial charge in [0.05, 0.1) is 11.9 Å². The zero-order valence-electron chi connectivity index (χ0n) is 16.9. The lowest BCUT2D eigenvalue weighted by Crippen LogP contribution is -2.26. The summed E-state index contributed by atoms with van der Waals surface area (Å²) in [5, 5.41) is 8.17. The number of fused-ring (bicyclic) bond motifs is 2. The molecule has 5 heteroatoms. The van der Waals surface area contributed by atoms with Gasteiger partial charge in [0.2, 0.25) is 0 Å². The van der Waals surface area contributed by atoms with Crippen LogP contribution in [0.5, 0.6) is 0 Å². The minimum absolute atomic E-state index is 0.926. The van der Waals surface area contributed by atoms with E-state index in [2.05, 4.69) is 69.1 Å². The van der Waals surface area contributed by atoms with Crippen molar-refractivity contribution in [3.05, 3.63) is 82.9 Å². The summed E-state index contributed by atoms with van der Waals surface area (Å²) >= 11 is 1.63. The molecule has 31 heavy (non-hydrogen) atoms. The summed E-state index contributed by atoms with van der Waals surface area (Å²) < 4.78 is 0. The lowest BCUT2D eigenvalue weighted by Gasteiger charge is -2.32. The second-order valence-corrected chi connectivity index (χ2v) is 9.25. The molecule has 0 amide bonds. The third-order valence-corrected chi connectivity index (χ3v) is 7.36. The standard InChI is InChI=1S/C26H20N4S/c1-2-17-14-30(19-5-7-22-16(12-19)8-10-27-22)15-18-4-6-20(21(3-1)25(17)18)24-13-28-26-23(29-24)9-11-31-26/h1-7,9,11-13,27H,8,10,14-15H2. The van der Waals surface area contributed by atoms with Gasteiger partial charge < -0.3 is 10.2 Å². The molecule has 2 aromatic heterocycles. The fourth-order valence-electron chi connectivity index (χ4n) is 5.07. The number of hydrogen-bond acceptors (Lipinski definition) is 5. The average Bonchev–Trinajstić information content (AvgIpc) is 3.47. The van der Waals surface area contributed by atoms with Crippen LogP contribution >= 0.6 is 11.3 Å². The molecule has 5 aromatic rings. The Hall–Kier alpha value is -3.44. The minimum atomic E-state index is 0.926. The molecule has 1 N–H and O–H groups in total. The van der Waals surface area contributed by atoms with Gasteiger partial charge in [0, 0.05) is 36.6 Å². The van der Waals surface area contributed by atoms with Gasteiger partial charge in [0.15, 0.2) is 0 Å². The lowest BCUT2D eigenvalue weighted by atomic mass is 9.91. The smallest absolute Gasteiger partial charge is 0.141 e. The number of rotatable bonds is 2. The van der Waals surface area contributed by atoms with E-state index in [0.717, 1.165) is 42.1 Å². The van der Waals surface area contributed by atoms with E-state index in [9.17, 15) is 0 Å². The van der Waals surface area contributed by atoms with Gasteiger partial charge in [-0.3, -0.25) is 0 Å². The number of hydrogen-bond donors (Lipinski definition) is 1. The molecular weight excluding hydrogens is 400 g/mol. The van der Waals surface area contributed by atoms with E-state index in [0.29, 0.717) is 0 Å². The van der Waals surface area contributed by atoms with Crippen LogP contribution in [0.4, 0.5) is 11.4 Å². The summed E-state index contributed by atoms with van der Waals surface area (Å²) in [7, 11) is 0. The normalized spacial score (nSPS) is 14.8. The SMILES string of the molecule is c1cc2c3c(ccc(-c4cnc5sccc5n4)c3c1)CN(c1ccc3c(c1)CCN3)C2. The third-order valence-electron chi connectivity index (χ3n) is 6.55. The highest BCUT2D eigenvalue weighted by Gasteiger charge is 2.22. The molecule has 0 unspecified atom stereocenters. The van der Waals surface area contributed by atoms with Crippen LogP contribution < -0.4 is 10.2 Å². The molecule has 0 atom stereocenters. The molecule has 0 fully saturated rings. The number of nitrogens with zero attached hydrogens (tertiary/aromatic N) is 3. The lowest BCUT2D eigenvalue weighted by molar-refractivity contribution is 0.788. The first-order valence-electron chi connectivity index (χ1n) is 10.7. The van der Waals surface area contributed by atoms with Crippen LogP contribution in [0.1, 0.15) is 16.7 Å². The van der Waals surface area contributed by atoms with Gasteiger partial charge >= 0.3 is 0 Å². The Kier molecular flexibility index (Phi) is 3.63. The molecule has 7 rings (SSSR count). The van der Waals surface area contributed by atoms with Crippen LogP contribution in [0, 0.1) is 0 Å². The largest absolute Gasteiger partial charge is 0.384 e. The quantitative estimate of drug-likeness (QED) is 0.380. The monoisotopic (exact) mass is 420 g/mol. The van der Waals surface area contributed by atoms with E-state index >= 15 is 0 Å². The Morgan fingerprint density at radius 1 is 0.935 bits per heavy atom. The Balaban J connectivity index is 1.33. The molecule has 0 bridgehead atoms. The summed E-state index contributed by atoms with van der Waals surface area (Å²) in [4.78, 5) is 13.0. The van der Waals surface area contributed by atoms with Gasteiger partial charge in [-0.1, -0.05) is 30.3 Å². The van der Waals surface area contributed by atoms with Crippen LogP contribution in [0.15, 0.2) is 66.2 Å². The Bertz CT molecular complexity index is 1470. The van der Waals surface area contributed by atoms with Crippen molar-refractivity contribution in [3.63, 3.8) is 0 Å². The van der Waals surface area contributed by atoms with E-state index in [1.165, 1.54) is 44.4 Å². The second-order valence-electron chi connectivity index (χ2n) is 8.35. The molecule has 0 aliphatic carbocycles. The molecule has 4 heterocycles. The summed E-state index contributed by atoms with van der Waals surface area (Å²) in [5.74, 6) is 0. The van der Waals surface area contributed by atoms with Gasteiger partial charge in [-0.15, -0.1) is 11.3 Å². The van der Waals surface area contributed by atoms with E-state index in [-0.39, 0.29) is 0 Å². The molecule has 0 saturated heterocycles. The fraction of sp³-hybridized carbons (Fsp3) is 0.154. The van der Waals surface area contributed by atoms with Crippen molar-refractivity contribution in [2.24, 2.45) is 0 Å². The summed E-state index contributed by atoms with van der Waals surface area (Å²) in [5.41, 5.74) is 9.87. The maximum Gasteiger partial charge on any atom is 0.141 e. The molecule has 0 radical (unpaired) electrons. The Labute approximate surface area is 184 Å². The van der Waals surface area contributed by atoms with Crippen molar-refractivity contribution >= 4 is 43.8 Å². The Morgan fingerprint density at radius 2 is 1.87 bits per heavy atom. The summed E-state index contributed by atoms with van der Waals surface area (Å²) in [6, 6.07) is 20.1. The topological polar surface area (TPSA) is 41.1 Å². The molecule has 4 nitrogen and oxygen atoms in total. The fourth-order valence-corrected chi connectivity index (χ4v) is 5.74. The summed E-state index contributed by atoms with van der Waals surface area (Å²) in [6.07, 6.45) is 3.03. The van der Waals surface area contributed by atoms with Crippen molar-refractivity contribution in [2.45, 2.75) is 19.5 Å². The number of anilines is 2. The second kappa shape index (κ2) is 6.53. The molecule has 0 saturated carbocycles. The molecule has 3 aromatic carbocycles. The van der Waals surface area contributed by atoms with Crippen molar-refractivity contribution in [2.75, 3.05) is 16.8 Å². The maximum absolute atomic E-state index is 4.89. The Morgan fingerprint density at radius 3 is 2.84 bits per heavy atom. The van der Waals surface area contributed by atoms with Gasteiger partial charge in [-0.2, -0.15) is 0 Å². The van der Waals surface area contributed by atoms with E-state index in [1.807, 2.05) is 12.3 Å². The number of aromatic nitrogens is 2. The first-order chi connectivity index (χ1) is 15.3. The van der Waals surface area contributed by atoms with E-state index in [1.54, 1.807) is 11.3 Å². The van der Waals surface area contributed by atoms with Crippen LogP contribution in [-0.2, 0) is 19.5 Å². The van der Waals surface area contributed by atoms with Crippen molar-refractivity contribution in [1.82, 2.24) is 9.97 Å². The average molecular weight is 421 g/mol. The van der Waals surface area contributed by atoms with Gasteiger partial charge in [0.25, 0.3) is 0 Å². The van der Waals surface area contributed by atoms with Crippen molar-refractivity contribution in [3.8, 4) is 11.3 Å². The summed E-state index contributed by atoms with van der Waals surface area (Å²) in [6.45, 7) is 2.90. The first kappa shape index (κ1) is 17.3. The van der Waals surface area contributed by atoms with Gasteiger partial charge in [-0.05, 0) is 63.5 Å². The number of nitrogens with one attached hydrogen (secondary N) is 1. The molecule has 0 spiro atoms. The third kappa shape index (κ3) is 2.66. The maximum atomic E-state index is 4.89. The van der Waals surface area contributed by atoms with Crippen LogP contribution in [0.2, 0.25) is 0 Å². The van der Waals surface area contributed by atoms with E-state index < -0.39 is 0 Å². The van der Waals surface area contributed by atoms with Crippen molar-refractivity contribution < 1.29 is 0 Å². The number of benzene rings is 3. The molecule has 150 valence electrons. The minimum Gasteiger partial charge on any atom is -0.384 e. The highest BCUT2D eigenvalue weighted by atomic mass is 32.1. The molecule has 2 aliphatic rings. The highest BCUT2D eigenvalue weighted by molar-refractivity contribution is 7.16. The van der Waals surface area contributed by atoms with E-state index in [4.69, 9.17) is 4.98 Å². The van der Waals surface area contributed by atoms with Crippen LogP contribution in [0.3, 0.4) is 0 Å². The number of thiophene rings is 1. The van der Waals surface area contributed by atoms with Crippen LogP contribution in [-0.4, -0.2) is 16.5 Å². The highest BCUT2D eigenvalue weighted by Crippen LogP contribution is 2.38. The predicted molar refractivity (Wildman–Crippen MR) is 129 cm³/mol. The van der Waals surface area contributed by atoms with Gasteiger partial charge in [-0.25, -0.2) is 9.97 Å². The van der Waals surface area contributed by atoms with Crippen molar-refractivity contribution in [1.29, 1.82) is 0 Å². The predicted octanol–water partition coefficient (Wildman–Crippen LogP) is 6.00.